The molecule has 1 saturated carbocycles. The van der Waals surface area contributed by atoms with Gasteiger partial charge in [-0.2, -0.15) is 0 Å². The van der Waals surface area contributed by atoms with Crippen LogP contribution in [0.15, 0.2) is 18.2 Å². The number of carbonyl (C=O) groups excluding carboxylic acids is 2. The van der Waals surface area contributed by atoms with Crippen molar-refractivity contribution >= 4 is 23.6 Å². The van der Waals surface area contributed by atoms with Gasteiger partial charge in [-0.25, -0.2) is 0 Å². The first kappa shape index (κ1) is 15.8. The molecular weight excluding hydrogens is 324 g/mol. The standard InChI is InChI=1S/C18H22N2O3S/c21-16-6-2-5-12-13(16)7-8-14(12)19-17(22)15-9-24-10-20(15)18(23)11-3-1-4-11/h2,5-6,11,14-15,21H,1,3-4,7-10H2,(H,19,22)/t14-,15+/m0/s1. The van der Waals surface area contributed by atoms with Crippen LogP contribution in [0.1, 0.15) is 42.9 Å². The van der Waals surface area contributed by atoms with Crippen LogP contribution in [0, 0.1) is 5.92 Å². The summed E-state index contributed by atoms with van der Waals surface area (Å²) in [5, 5.41) is 13.0. The number of phenols is 1. The molecule has 1 heterocycles. The number of hydrogen-bond acceptors (Lipinski definition) is 4. The quantitative estimate of drug-likeness (QED) is 0.880. The second kappa shape index (κ2) is 6.31. The summed E-state index contributed by atoms with van der Waals surface area (Å²) < 4.78 is 0. The van der Waals surface area contributed by atoms with Crippen LogP contribution in [0.2, 0.25) is 0 Å². The fourth-order valence-electron chi connectivity index (χ4n) is 3.82. The number of amides is 2. The van der Waals surface area contributed by atoms with Gasteiger partial charge in [-0.1, -0.05) is 18.6 Å². The van der Waals surface area contributed by atoms with E-state index in [1.807, 2.05) is 12.1 Å². The minimum absolute atomic E-state index is 0.0612. The number of nitrogens with zero attached hydrogens (tertiary/aromatic N) is 1. The number of thioether (sulfide) groups is 1. The van der Waals surface area contributed by atoms with E-state index in [0.29, 0.717) is 17.4 Å². The van der Waals surface area contributed by atoms with E-state index in [1.165, 1.54) is 0 Å². The predicted octanol–water partition coefficient (Wildman–Crippen LogP) is 2.20. The molecule has 4 rings (SSSR count). The van der Waals surface area contributed by atoms with E-state index in [-0.39, 0.29) is 29.8 Å². The number of fused-ring (bicyclic) bond motifs is 1. The fraction of sp³-hybridized carbons (Fsp3) is 0.556. The molecule has 1 aliphatic heterocycles. The normalized spacial score (nSPS) is 26.1. The van der Waals surface area contributed by atoms with Crippen molar-refractivity contribution in [3.05, 3.63) is 29.3 Å². The fourth-order valence-corrected chi connectivity index (χ4v) is 4.98. The van der Waals surface area contributed by atoms with Gasteiger partial charge in [0.2, 0.25) is 11.8 Å². The lowest BCUT2D eigenvalue weighted by atomic mass is 9.84. The molecule has 24 heavy (non-hydrogen) atoms. The summed E-state index contributed by atoms with van der Waals surface area (Å²) in [6.07, 6.45) is 4.62. The highest BCUT2D eigenvalue weighted by Gasteiger charge is 2.40. The first-order chi connectivity index (χ1) is 11.6. The van der Waals surface area contributed by atoms with Gasteiger partial charge in [0.15, 0.2) is 0 Å². The maximum absolute atomic E-state index is 12.8. The van der Waals surface area contributed by atoms with E-state index >= 15 is 0 Å². The smallest absolute Gasteiger partial charge is 0.244 e. The van der Waals surface area contributed by atoms with Gasteiger partial charge in [0, 0.05) is 11.7 Å². The second-order valence-corrected chi connectivity index (χ2v) is 7.90. The summed E-state index contributed by atoms with van der Waals surface area (Å²) in [5.74, 6) is 1.81. The van der Waals surface area contributed by atoms with Crippen molar-refractivity contribution in [2.24, 2.45) is 5.92 Å². The van der Waals surface area contributed by atoms with Gasteiger partial charge < -0.3 is 15.3 Å². The molecule has 1 aromatic rings. The van der Waals surface area contributed by atoms with E-state index in [0.717, 1.165) is 43.2 Å². The van der Waals surface area contributed by atoms with Gasteiger partial charge >= 0.3 is 0 Å². The summed E-state index contributed by atoms with van der Waals surface area (Å²) in [6.45, 7) is 0. The summed E-state index contributed by atoms with van der Waals surface area (Å²) in [7, 11) is 0. The van der Waals surface area contributed by atoms with E-state index in [4.69, 9.17) is 0 Å². The van der Waals surface area contributed by atoms with Crippen molar-refractivity contribution in [1.82, 2.24) is 10.2 Å². The molecule has 2 amide bonds. The van der Waals surface area contributed by atoms with Crippen LogP contribution in [0.25, 0.3) is 0 Å². The zero-order chi connectivity index (χ0) is 16.7. The molecule has 3 aliphatic rings. The van der Waals surface area contributed by atoms with Gasteiger partial charge in [-0.3, -0.25) is 9.59 Å². The van der Waals surface area contributed by atoms with E-state index < -0.39 is 0 Å². The third-order valence-corrected chi connectivity index (χ3v) is 6.50. The number of aromatic hydroxyl groups is 1. The van der Waals surface area contributed by atoms with Gasteiger partial charge in [0.1, 0.15) is 11.8 Å². The number of rotatable bonds is 3. The lowest BCUT2D eigenvalue weighted by Gasteiger charge is -2.32. The molecular formula is C18H22N2O3S. The molecule has 1 saturated heterocycles. The Morgan fingerprint density at radius 1 is 1.25 bits per heavy atom. The summed E-state index contributed by atoms with van der Waals surface area (Å²) in [6, 6.07) is 5.05. The molecule has 2 atom stereocenters. The van der Waals surface area contributed by atoms with Gasteiger partial charge in [-0.15, -0.1) is 11.8 Å². The topological polar surface area (TPSA) is 69.6 Å². The molecule has 0 bridgehead atoms. The second-order valence-electron chi connectivity index (χ2n) is 6.90. The number of hydrogen-bond donors (Lipinski definition) is 2. The molecule has 0 aromatic heterocycles. The largest absolute Gasteiger partial charge is 0.508 e. The first-order valence-electron chi connectivity index (χ1n) is 8.64. The minimum Gasteiger partial charge on any atom is -0.508 e. The van der Waals surface area contributed by atoms with E-state index in [1.54, 1.807) is 22.7 Å². The van der Waals surface area contributed by atoms with Crippen LogP contribution in [0.5, 0.6) is 5.75 Å². The Bertz CT molecular complexity index is 674. The van der Waals surface area contributed by atoms with Gasteiger partial charge in [0.05, 0.1) is 11.9 Å². The summed E-state index contributed by atoms with van der Waals surface area (Å²) in [5.41, 5.74) is 1.94. The molecule has 2 N–H and O–H groups in total. The Hall–Kier alpha value is -1.69. The van der Waals surface area contributed by atoms with Crippen molar-refractivity contribution in [3.8, 4) is 5.75 Å². The molecule has 0 unspecified atom stereocenters. The SMILES string of the molecule is O=C(N[C@H]1CCc2c(O)cccc21)[C@H]1CSCN1C(=O)C1CCC1. The van der Waals surface area contributed by atoms with Crippen molar-refractivity contribution in [2.75, 3.05) is 11.6 Å². The van der Waals surface area contributed by atoms with Crippen molar-refractivity contribution in [3.63, 3.8) is 0 Å². The van der Waals surface area contributed by atoms with Crippen LogP contribution in [0.4, 0.5) is 0 Å². The summed E-state index contributed by atoms with van der Waals surface area (Å²) in [4.78, 5) is 27.0. The maximum atomic E-state index is 12.8. The third kappa shape index (κ3) is 2.66. The van der Waals surface area contributed by atoms with Crippen molar-refractivity contribution < 1.29 is 14.7 Å². The Labute approximate surface area is 145 Å². The minimum atomic E-state index is -0.357. The zero-order valence-corrected chi connectivity index (χ0v) is 14.3. The Morgan fingerprint density at radius 2 is 2.08 bits per heavy atom. The molecule has 6 heteroatoms. The third-order valence-electron chi connectivity index (χ3n) is 5.48. The Kier molecular flexibility index (Phi) is 4.16. The molecule has 5 nitrogen and oxygen atoms in total. The number of carbonyl (C=O) groups is 2. The summed E-state index contributed by atoms with van der Waals surface area (Å²) >= 11 is 1.65. The highest BCUT2D eigenvalue weighted by molar-refractivity contribution is 7.99. The molecule has 0 spiro atoms. The highest BCUT2D eigenvalue weighted by Crippen LogP contribution is 2.37. The molecule has 128 valence electrons. The van der Waals surface area contributed by atoms with Crippen LogP contribution in [0.3, 0.4) is 0 Å². The van der Waals surface area contributed by atoms with Crippen LogP contribution in [-0.4, -0.2) is 39.5 Å². The highest BCUT2D eigenvalue weighted by atomic mass is 32.2. The van der Waals surface area contributed by atoms with Crippen molar-refractivity contribution in [1.29, 1.82) is 0 Å². The molecule has 2 fully saturated rings. The Morgan fingerprint density at radius 3 is 2.83 bits per heavy atom. The lowest BCUT2D eigenvalue weighted by Crippen LogP contribution is -2.50. The van der Waals surface area contributed by atoms with Crippen molar-refractivity contribution in [2.45, 2.75) is 44.2 Å². The number of nitrogens with one attached hydrogen (secondary N) is 1. The van der Waals surface area contributed by atoms with Crippen LogP contribution >= 0.6 is 11.8 Å². The zero-order valence-electron chi connectivity index (χ0n) is 13.5. The number of benzene rings is 1. The first-order valence-corrected chi connectivity index (χ1v) is 9.80. The van der Waals surface area contributed by atoms with Gasteiger partial charge in [-0.05, 0) is 42.9 Å². The van der Waals surface area contributed by atoms with Crippen LogP contribution in [-0.2, 0) is 16.0 Å². The number of phenolic OH excluding ortho intramolecular Hbond substituents is 1. The molecule has 0 radical (unpaired) electrons. The average molecular weight is 346 g/mol. The molecule has 1 aromatic carbocycles. The predicted molar refractivity (Wildman–Crippen MR) is 92.6 cm³/mol. The van der Waals surface area contributed by atoms with Crippen LogP contribution < -0.4 is 5.32 Å². The van der Waals surface area contributed by atoms with Gasteiger partial charge in [0.25, 0.3) is 0 Å². The maximum Gasteiger partial charge on any atom is 0.244 e. The monoisotopic (exact) mass is 346 g/mol. The molecule has 2 aliphatic carbocycles. The van der Waals surface area contributed by atoms with E-state index in [9.17, 15) is 14.7 Å². The Balaban J connectivity index is 1.45. The van der Waals surface area contributed by atoms with E-state index in [2.05, 4.69) is 5.32 Å². The average Bonchev–Trinajstić information content (AvgIpc) is 3.13. The lowest BCUT2D eigenvalue weighted by molar-refractivity contribution is -0.143.